The molecule has 0 aromatic heterocycles. The number of urea groups is 1. The van der Waals surface area contributed by atoms with Crippen molar-refractivity contribution in [2.45, 2.75) is 39.5 Å². The van der Waals surface area contributed by atoms with Crippen molar-refractivity contribution in [2.24, 2.45) is 0 Å². The Balaban J connectivity index is 1.37. The van der Waals surface area contributed by atoms with Crippen LogP contribution in [-0.2, 0) is 9.59 Å². The summed E-state index contributed by atoms with van der Waals surface area (Å²) in [6.45, 7) is 9.22. The topological polar surface area (TPSA) is 85.0 Å². The minimum atomic E-state index is -0.514. The number of nitrogens with one attached hydrogen (secondary N) is 2. The standard InChI is InChI=1S/C23H35N5O3/c1-18-8-7-9-20(19(18)2)24-23(31)25-21(29)16-26-12-14-27(15-13-26)17-22(30)28-10-5-3-4-6-11-28/h7-9H,3-6,10-17H2,1-2H3,(H2,24,25,29,31). The second-order valence-electron chi connectivity index (χ2n) is 8.60. The maximum Gasteiger partial charge on any atom is 0.325 e. The van der Waals surface area contributed by atoms with Crippen LogP contribution in [0.15, 0.2) is 18.2 Å². The van der Waals surface area contributed by atoms with Crippen LogP contribution in [0.1, 0.15) is 36.8 Å². The predicted molar refractivity (Wildman–Crippen MR) is 121 cm³/mol. The average Bonchev–Trinajstić information content (AvgIpc) is 3.02. The zero-order valence-corrected chi connectivity index (χ0v) is 18.8. The van der Waals surface area contributed by atoms with Crippen LogP contribution < -0.4 is 10.6 Å². The Morgan fingerprint density at radius 3 is 2.10 bits per heavy atom. The van der Waals surface area contributed by atoms with Gasteiger partial charge in [-0.3, -0.25) is 24.7 Å². The molecule has 3 rings (SSSR count). The first-order valence-electron chi connectivity index (χ1n) is 11.3. The second kappa shape index (κ2) is 11.2. The smallest absolute Gasteiger partial charge is 0.325 e. The maximum atomic E-state index is 12.6. The van der Waals surface area contributed by atoms with Crippen LogP contribution in [0.25, 0.3) is 0 Å². The highest BCUT2D eigenvalue weighted by Crippen LogP contribution is 2.17. The molecule has 170 valence electrons. The first kappa shape index (κ1) is 23.2. The Morgan fingerprint density at radius 1 is 0.839 bits per heavy atom. The molecule has 1 aromatic rings. The highest BCUT2D eigenvalue weighted by Gasteiger charge is 2.23. The Labute approximate surface area is 184 Å². The number of anilines is 1. The SMILES string of the molecule is Cc1cccc(NC(=O)NC(=O)CN2CCN(CC(=O)N3CCCCCC3)CC2)c1C. The third-order valence-electron chi connectivity index (χ3n) is 6.26. The number of rotatable bonds is 5. The number of nitrogens with zero attached hydrogens (tertiary/aromatic N) is 3. The molecule has 2 fully saturated rings. The Kier molecular flexibility index (Phi) is 8.43. The van der Waals surface area contributed by atoms with E-state index < -0.39 is 6.03 Å². The molecular formula is C23H35N5O3. The number of aryl methyl sites for hydroxylation is 1. The molecule has 4 amide bonds. The van der Waals surface area contributed by atoms with Gasteiger partial charge in [-0.05, 0) is 43.9 Å². The summed E-state index contributed by atoms with van der Waals surface area (Å²) in [6.07, 6.45) is 4.64. The van der Waals surface area contributed by atoms with E-state index >= 15 is 0 Å². The van der Waals surface area contributed by atoms with Crippen molar-refractivity contribution in [3.8, 4) is 0 Å². The lowest BCUT2D eigenvalue weighted by Gasteiger charge is -2.34. The van der Waals surface area contributed by atoms with Gasteiger partial charge in [0.25, 0.3) is 0 Å². The Hall–Kier alpha value is -2.45. The minimum Gasteiger partial charge on any atom is -0.342 e. The monoisotopic (exact) mass is 429 g/mol. The van der Waals surface area contributed by atoms with Crippen LogP contribution in [0.3, 0.4) is 0 Å². The van der Waals surface area contributed by atoms with Gasteiger partial charge < -0.3 is 10.2 Å². The van der Waals surface area contributed by atoms with Crippen molar-refractivity contribution in [1.29, 1.82) is 0 Å². The number of carbonyl (C=O) groups is 3. The lowest BCUT2D eigenvalue weighted by molar-refractivity contribution is -0.133. The van der Waals surface area contributed by atoms with Crippen molar-refractivity contribution in [1.82, 2.24) is 20.0 Å². The van der Waals surface area contributed by atoms with E-state index in [2.05, 4.69) is 15.5 Å². The molecule has 31 heavy (non-hydrogen) atoms. The molecule has 2 heterocycles. The zero-order valence-electron chi connectivity index (χ0n) is 18.8. The minimum absolute atomic E-state index is 0.175. The van der Waals surface area contributed by atoms with Gasteiger partial charge in [0.1, 0.15) is 0 Å². The Morgan fingerprint density at radius 2 is 1.45 bits per heavy atom. The molecule has 0 saturated carbocycles. The van der Waals surface area contributed by atoms with E-state index in [1.54, 1.807) is 0 Å². The summed E-state index contributed by atoms with van der Waals surface area (Å²) < 4.78 is 0. The highest BCUT2D eigenvalue weighted by atomic mass is 16.2. The lowest BCUT2D eigenvalue weighted by atomic mass is 10.1. The van der Waals surface area contributed by atoms with Crippen LogP contribution in [0.5, 0.6) is 0 Å². The fourth-order valence-electron chi connectivity index (χ4n) is 4.13. The largest absolute Gasteiger partial charge is 0.342 e. The molecule has 8 heteroatoms. The maximum absolute atomic E-state index is 12.6. The van der Waals surface area contributed by atoms with Crippen LogP contribution in [0.2, 0.25) is 0 Å². The van der Waals surface area contributed by atoms with E-state index in [9.17, 15) is 14.4 Å². The third-order valence-corrected chi connectivity index (χ3v) is 6.26. The summed E-state index contributed by atoms with van der Waals surface area (Å²) in [5.41, 5.74) is 2.76. The number of hydrogen-bond donors (Lipinski definition) is 2. The van der Waals surface area contributed by atoms with Gasteiger partial charge in [0.15, 0.2) is 0 Å². The van der Waals surface area contributed by atoms with Crippen molar-refractivity contribution >= 4 is 23.5 Å². The fourth-order valence-corrected chi connectivity index (χ4v) is 4.13. The molecule has 0 aliphatic carbocycles. The van der Waals surface area contributed by atoms with Crippen molar-refractivity contribution in [3.05, 3.63) is 29.3 Å². The van der Waals surface area contributed by atoms with Gasteiger partial charge in [-0.25, -0.2) is 4.79 Å². The second-order valence-corrected chi connectivity index (χ2v) is 8.60. The molecule has 1 aromatic carbocycles. The molecule has 0 atom stereocenters. The predicted octanol–water partition coefficient (Wildman–Crippen LogP) is 1.97. The molecule has 0 bridgehead atoms. The number of likely N-dealkylation sites (tertiary alicyclic amines) is 1. The average molecular weight is 430 g/mol. The van der Waals surface area contributed by atoms with Gasteiger partial charge in [-0.15, -0.1) is 0 Å². The van der Waals surface area contributed by atoms with Crippen LogP contribution >= 0.6 is 0 Å². The molecule has 2 N–H and O–H groups in total. The summed E-state index contributed by atoms with van der Waals surface area (Å²) in [5.74, 6) is -0.104. The summed E-state index contributed by atoms with van der Waals surface area (Å²) in [4.78, 5) is 43.2. The van der Waals surface area contributed by atoms with E-state index in [-0.39, 0.29) is 18.4 Å². The lowest BCUT2D eigenvalue weighted by Crippen LogP contribution is -2.52. The van der Waals surface area contributed by atoms with E-state index in [0.29, 0.717) is 25.3 Å². The number of piperazine rings is 1. The van der Waals surface area contributed by atoms with Gasteiger partial charge in [-0.2, -0.15) is 0 Å². The summed E-state index contributed by atoms with van der Waals surface area (Å²) in [5, 5.41) is 5.15. The van der Waals surface area contributed by atoms with E-state index in [4.69, 9.17) is 0 Å². The van der Waals surface area contributed by atoms with Crippen LogP contribution in [0, 0.1) is 13.8 Å². The fraction of sp³-hybridized carbons (Fsp3) is 0.609. The van der Waals surface area contributed by atoms with E-state index in [1.807, 2.05) is 41.8 Å². The first-order chi connectivity index (χ1) is 14.9. The normalized spacial score (nSPS) is 18.3. The third kappa shape index (κ3) is 7.04. The molecule has 0 unspecified atom stereocenters. The number of amides is 4. The quantitative estimate of drug-likeness (QED) is 0.748. The number of hydrogen-bond acceptors (Lipinski definition) is 5. The molecule has 2 aliphatic rings. The van der Waals surface area contributed by atoms with Gasteiger partial charge in [0.2, 0.25) is 11.8 Å². The molecule has 2 aliphatic heterocycles. The number of imide groups is 1. The highest BCUT2D eigenvalue weighted by molar-refractivity contribution is 6.02. The molecule has 0 radical (unpaired) electrons. The van der Waals surface area contributed by atoms with Gasteiger partial charge in [-0.1, -0.05) is 25.0 Å². The molecular weight excluding hydrogens is 394 g/mol. The zero-order chi connectivity index (χ0) is 22.2. The first-order valence-corrected chi connectivity index (χ1v) is 11.3. The summed E-state index contributed by atoms with van der Waals surface area (Å²) in [7, 11) is 0. The summed E-state index contributed by atoms with van der Waals surface area (Å²) >= 11 is 0. The number of benzene rings is 1. The number of carbonyl (C=O) groups excluding carboxylic acids is 3. The van der Waals surface area contributed by atoms with Gasteiger partial charge >= 0.3 is 6.03 Å². The van der Waals surface area contributed by atoms with Crippen molar-refractivity contribution in [2.75, 3.05) is 57.7 Å². The van der Waals surface area contributed by atoms with Crippen LogP contribution in [-0.4, -0.2) is 84.9 Å². The molecule has 0 spiro atoms. The molecule has 2 saturated heterocycles. The van der Waals surface area contributed by atoms with Crippen LogP contribution in [0.4, 0.5) is 10.5 Å². The van der Waals surface area contributed by atoms with Crippen molar-refractivity contribution in [3.63, 3.8) is 0 Å². The molecule has 8 nitrogen and oxygen atoms in total. The van der Waals surface area contributed by atoms with Gasteiger partial charge in [0, 0.05) is 45.0 Å². The van der Waals surface area contributed by atoms with Gasteiger partial charge in [0.05, 0.1) is 13.1 Å². The van der Waals surface area contributed by atoms with E-state index in [1.165, 1.54) is 12.8 Å². The van der Waals surface area contributed by atoms with Crippen molar-refractivity contribution < 1.29 is 14.4 Å². The summed E-state index contributed by atoms with van der Waals surface area (Å²) in [6, 6.07) is 5.15. The Bertz CT molecular complexity index is 781. The van der Waals surface area contributed by atoms with E-state index in [0.717, 1.165) is 50.1 Å².